The number of aromatic carboxylic acids is 1. The topological polar surface area (TPSA) is 97.1 Å². The number of carbonyl (C=O) groups excluding carboxylic acids is 1. The van der Waals surface area contributed by atoms with E-state index in [1.165, 1.54) is 18.3 Å². The zero-order valence-corrected chi connectivity index (χ0v) is 14.1. The van der Waals surface area contributed by atoms with E-state index in [-0.39, 0.29) is 11.3 Å². The quantitative estimate of drug-likeness (QED) is 0.750. The SMILES string of the molecule is O=C(Nc1nc2ccccc2n1C1CCCC1)c1ccnc(C(=O)O)c1. The molecule has 0 aliphatic heterocycles. The first kappa shape index (κ1) is 16.3. The molecule has 0 atom stereocenters. The molecular formula is C19H18N4O3. The maximum atomic E-state index is 12.6. The molecule has 0 spiro atoms. The van der Waals surface area contributed by atoms with Crippen LogP contribution in [0.4, 0.5) is 5.95 Å². The number of para-hydroxylation sites is 2. The molecule has 1 saturated carbocycles. The fourth-order valence-electron chi connectivity index (χ4n) is 3.53. The molecule has 0 unspecified atom stereocenters. The monoisotopic (exact) mass is 350 g/mol. The Hall–Kier alpha value is -3.22. The number of hydrogen-bond acceptors (Lipinski definition) is 4. The molecule has 0 radical (unpaired) electrons. The number of imidazole rings is 1. The minimum absolute atomic E-state index is 0.165. The van der Waals surface area contributed by atoms with Crippen molar-refractivity contribution in [2.45, 2.75) is 31.7 Å². The lowest BCUT2D eigenvalue weighted by Gasteiger charge is -2.16. The first-order valence-corrected chi connectivity index (χ1v) is 8.61. The van der Waals surface area contributed by atoms with Gasteiger partial charge in [0, 0.05) is 17.8 Å². The van der Waals surface area contributed by atoms with E-state index in [9.17, 15) is 9.59 Å². The van der Waals surface area contributed by atoms with Crippen LogP contribution in [0.1, 0.15) is 52.6 Å². The van der Waals surface area contributed by atoms with Gasteiger partial charge in [-0.3, -0.25) is 10.1 Å². The summed E-state index contributed by atoms with van der Waals surface area (Å²) in [5.74, 6) is -1.07. The number of carbonyl (C=O) groups is 2. The number of carboxylic acids is 1. The van der Waals surface area contributed by atoms with Crippen molar-refractivity contribution in [3.63, 3.8) is 0 Å². The van der Waals surface area contributed by atoms with Crippen molar-refractivity contribution in [2.75, 3.05) is 5.32 Å². The molecular weight excluding hydrogens is 332 g/mol. The van der Waals surface area contributed by atoms with Crippen LogP contribution in [0.5, 0.6) is 0 Å². The van der Waals surface area contributed by atoms with E-state index < -0.39 is 11.9 Å². The van der Waals surface area contributed by atoms with Crippen LogP contribution in [0, 0.1) is 0 Å². The van der Waals surface area contributed by atoms with Gasteiger partial charge < -0.3 is 9.67 Å². The summed E-state index contributed by atoms with van der Waals surface area (Å²) in [7, 11) is 0. The molecule has 0 saturated heterocycles. The van der Waals surface area contributed by atoms with Crippen LogP contribution in [0.25, 0.3) is 11.0 Å². The summed E-state index contributed by atoms with van der Waals surface area (Å²) in [5.41, 5.74) is 1.90. The molecule has 132 valence electrons. The predicted octanol–water partition coefficient (Wildman–Crippen LogP) is 3.50. The highest BCUT2D eigenvalue weighted by Gasteiger charge is 2.24. The third-order valence-electron chi connectivity index (χ3n) is 4.75. The molecule has 2 aromatic heterocycles. The lowest BCUT2D eigenvalue weighted by molar-refractivity contribution is 0.0690. The molecule has 4 rings (SSSR count). The van der Waals surface area contributed by atoms with Crippen molar-refractivity contribution in [1.82, 2.24) is 14.5 Å². The van der Waals surface area contributed by atoms with Gasteiger partial charge in [-0.15, -0.1) is 0 Å². The summed E-state index contributed by atoms with van der Waals surface area (Å²) >= 11 is 0. The van der Waals surface area contributed by atoms with Crippen LogP contribution >= 0.6 is 0 Å². The van der Waals surface area contributed by atoms with E-state index in [1.807, 2.05) is 24.3 Å². The van der Waals surface area contributed by atoms with Crippen molar-refractivity contribution in [2.24, 2.45) is 0 Å². The molecule has 7 nitrogen and oxygen atoms in total. The fourth-order valence-corrected chi connectivity index (χ4v) is 3.53. The number of aromatic nitrogens is 3. The zero-order chi connectivity index (χ0) is 18.1. The van der Waals surface area contributed by atoms with Crippen LogP contribution in [-0.4, -0.2) is 31.5 Å². The van der Waals surface area contributed by atoms with Gasteiger partial charge in [-0.05, 0) is 37.1 Å². The Morgan fingerprint density at radius 3 is 2.69 bits per heavy atom. The van der Waals surface area contributed by atoms with Crippen LogP contribution in [-0.2, 0) is 0 Å². The molecule has 0 bridgehead atoms. The highest BCUT2D eigenvalue weighted by Crippen LogP contribution is 2.35. The zero-order valence-electron chi connectivity index (χ0n) is 14.1. The normalized spacial score (nSPS) is 14.6. The molecule has 1 aromatic carbocycles. The molecule has 7 heteroatoms. The Balaban J connectivity index is 1.70. The first-order valence-electron chi connectivity index (χ1n) is 8.61. The van der Waals surface area contributed by atoms with E-state index >= 15 is 0 Å². The van der Waals surface area contributed by atoms with Gasteiger partial charge in [0.2, 0.25) is 5.95 Å². The highest BCUT2D eigenvalue weighted by molar-refractivity contribution is 6.05. The number of carboxylic acid groups (broad SMARTS) is 1. The Labute approximate surface area is 149 Å². The number of hydrogen-bond donors (Lipinski definition) is 2. The second-order valence-electron chi connectivity index (χ2n) is 6.42. The minimum atomic E-state index is -1.17. The molecule has 2 heterocycles. The fraction of sp³-hybridized carbons (Fsp3) is 0.263. The summed E-state index contributed by atoms with van der Waals surface area (Å²) in [6.45, 7) is 0. The van der Waals surface area contributed by atoms with Crippen LogP contribution in [0.3, 0.4) is 0 Å². The van der Waals surface area contributed by atoms with Gasteiger partial charge in [0.15, 0.2) is 0 Å². The summed E-state index contributed by atoms with van der Waals surface area (Å²) < 4.78 is 2.10. The smallest absolute Gasteiger partial charge is 0.354 e. The average molecular weight is 350 g/mol. The van der Waals surface area contributed by atoms with E-state index in [1.54, 1.807) is 0 Å². The molecule has 26 heavy (non-hydrogen) atoms. The van der Waals surface area contributed by atoms with Gasteiger partial charge in [-0.1, -0.05) is 25.0 Å². The second-order valence-corrected chi connectivity index (χ2v) is 6.42. The van der Waals surface area contributed by atoms with Crippen molar-refractivity contribution >= 4 is 28.9 Å². The average Bonchev–Trinajstić information content (AvgIpc) is 3.28. The molecule has 3 aromatic rings. The number of nitrogens with zero attached hydrogens (tertiary/aromatic N) is 3. The third kappa shape index (κ3) is 2.92. The van der Waals surface area contributed by atoms with Crippen molar-refractivity contribution in [3.05, 3.63) is 53.9 Å². The predicted molar refractivity (Wildman–Crippen MR) is 96.4 cm³/mol. The summed E-state index contributed by atoms with van der Waals surface area (Å²) in [5, 5.41) is 11.9. The first-order chi connectivity index (χ1) is 12.6. The van der Waals surface area contributed by atoms with Crippen LogP contribution < -0.4 is 5.32 Å². The van der Waals surface area contributed by atoms with Gasteiger partial charge >= 0.3 is 5.97 Å². The van der Waals surface area contributed by atoms with Crippen molar-refractivity contribution < 1.29 is 14.7 Å². The molecule has 1 aliphatic rings. The Bertz CT molecular complexity index is 989. The number of amides is 1. The standard InChI is InChI=1S/C19H18N4O3/c24-17(12-9-10-20-15(11-12)18(25)26)22-19-21-14-7-3-4-8-16(14)23(19)13-5-1-2-6-13/h3-4,7-11,13H,1-2,5-6H2,(H,25,26)(H,21,22,24). The van der Waals surface area contributed by atoms with E-state index in [4.69, 9.17) is 5.11 Å². The Morgan fingerprint density at radius 2 is 1.92 bits per heavy atom. The number of benzene rings is 1. The number of nitrogens with one attached hydrogen (secondary N) is 1. The van der Waals surface area contributed by atoms with Crippen LogP contribution in [0.15, 0.2) is 42.6 Å². The number of pyridine rings is 1. The van der Waals surface area contributed by atoms with E-state index in [2.05, 4.69) is 19.9 Å². The van der Waals surface area contributed by atoms with E-state index in [0.29, 0.717) is 12.0 Å². The lowest BCUT2D eigenvalue weighted by atomic mass is 10.2. The molecule has 1 fully saturated rings. The lowest BCUT2D eigenvalue weighted by Crippen LogP contribution is -2.18. The third-order valence-corrected chi connectivity index (χ3v) is 4.75. The summed E-state index contributed by atoms with van der Waals surface area (Å²) in [4.78, 5) is 32.0. The maximum absolute atomic E-state index is 12.6. The van der Waals surface area contributed by atoms with Crippen molar-refractivity contribution in [3.8, 4) is 0 Å². The Kier molecular flexibility index (Phi) is 4.12. The summed E-state index contributed by atoms with van der Waals surface area (Å²) in [6.07, 6.45) is 5.76. The van der Waals surface area contributed by atoms with Gasteiger partial charge in [0.1, 0.15) is 5.69 Å². The molecule has 1 aliphatic carbocycles. The van der Waals surface area contributed by atoms with Gasteiger partial charge in [-0.2, -0.15) is 0 Å². The minimum Gasteiger partial charge on any atom is -0.477 e. The molecule has 2 N–H and O–H groups in total. The van der Waals surface area contributed by atoms with Gasteiger partial charge in [-0.25, -0.2) is 14.8 Å². The number of anilines is 1. The second kappa shape index (κ2) is 6.59. The maximum Gasteiger partial charge on any atom is 0.354 e. The summed E-state index contributed by atoms with van der Waals surface area (Å²) in [6, 6.07) is 10.9. The van der Waals surface area contributed by atoms with Crippen molar-refractivity contribution in [1.29, 1.82) is 0 Å². The van der Waals surface area contributed by atoms with Crippen LogP contribution in [0.2, 0.25) is 0 Å². The highest BCUT2D eigenvalue weighted by atomic mass is 16.4. The Morgan fingerprint density at radius 1 is 1.15 bits per heavy atom. The molecule has 1 amide bonds. The number of fused-ring (bicyclic) bond motifs is 1. The number of rotatable bonds is 4. The van der Waals surface area contributed by atoms with E-state index in [0.717, 1.165) is 36.7 Å². The van der Waals surface area contributed by atoms with Gasteiger partial charge in [0.05, 0.1) is 11.0 Å². The van der Waals surface area contributed by atoms with Gasteiger partial charge in [0.25, 0.3) is 5.91 Å². The largest absolute Gasteiger partial charge is 0.477 e.